The van der Waals surface area contributed by atoms with Crippen molar-refractivity contribution >= 4 is 5.97 Å². The molecule has 0 aromatic heterocycles. The number of hydrogen-bond acceptors (Lipinski definition) is 3. The number of carboxylic acid groups (broad SMARTS) is 1. The van der Waals surface area contributed by atoms with Crippen molar-refractivity contribution in [2.75, 3.05) is 19.7 Å². The summed E-state index contributed by atoms with van der Waals surface area (Å²) < 4.78 is 5.95. The van der Waals surface area contributed by atoms with E-state index in [0.717, 1.165) is 37.4 Å². The molecule has 0 aliphatic rings. The molecule has 0 saturated heterocycles. The third kappa shape index (κ3) is 8.88. The van der Waals surface area contributed by atoms with Crippen molar-refractivity contribution in [3.8, 4) is 5.75 Å². The van der Waals surface area contributed by atoms with Crippen LogP contribution in [0, 0.1) is 0 Å². The lowest BCUT2D eigenvalue weighted by Gasteiger charge is -2.27. The van der Waals surface area contributed by atoms with Gasteiger partial charge >= 0.3 is 5.97 Å². The summed E-state index contributed by atoms with van der Waals surface area (Å²) in [6, 6.07) is 27.1. The summed E-state index contributed by atoms with van der Waals surface area (Å²) in [5.74, 6) is 0.324. The van der Waals surface area contributed by atoms with Crippen LogP contribution in [0.3, 0.4) is 0 Å². The van der Waals surface area contributed by atoms with Crippen LogP contribution in [0.25, 0.3) is 0 Å². The van der Waals surface area contributed by atoms with E-state index in [4.69, 9.17) is 9.84 Å². The van der Waals surface area contributed by atoms with Crippen molar-refractivity contribution in [3.63, 3.8) is 0 Å². The van der Waals surface area contributed by atoms with Crippen LogP contribution in [0.2, 0.25) is 0 Å². The average Bonchev–Trinajstić information content (AvgIpc) is 2.82. The summed E-state index contributed by atoms with van der Waals surface area (Å²) in [5.41, 5.74) is 4.93. The molecular formula is C31H39NO3. The van der Waals surface area contributed by atoms with Crippen molar-refractivity contribution in [2.45, 2.75) is 58.4 Å². The summed E-state index contributed by atoms with van der Waals surface area (Å²) in [6.07, 6.45) is 0.904. The predicted octanol–water partition coefficient (Wildman–Crippen LogP) is 6.69. The van der Waals surface area contributed by atoms with Crippen LogP contribution >= 0.6 is 0 Å². The first kappa shape index (κ1) is 26.5. The lowest BCUT2D eigenvalue weighted by atomic mass is 9.87. The van der Waals surface area contributed by atoms with Crippen LogP contribution in [0.5, 0.6) is 5.75 Å². The smallest absolute Gasteiger partial charge is 0.307 e. The Bertz CT molecular complexity index is 1050. The van der Waals surface area contributed by atoms with Crippen molar-refractivity contribution < 1.29 is 14.6 Å². The van der Waals surface area contributed by atoms with E-state index in [1.807, 2.05) is 24.3 Å². The SMILES string of the molecule is C[C@H](CN(CCCOc1cccc(CC(=O)O)c1)Cc1ccc(C(C)(C)C)cc1)c1ccccc1. The molecule has 0 saturated carbocycles. The number of carbonyl (C=O) groups is 1. The molecule has 0 spiro atoms. The number of nitrogens with zero attached hydrogens (tertiary/aromatic N) is 1. The van der Waals surface area contributed by atoms with Gasteiger partial charge in [-0.05, 0) is 52.1 Å². The molecule has 3 aromatic carbocycles. The first-order chi connectivity index (χ1) is 16.7. The molecule has 3 aromatic rings. The summed E-state index contributed by atoms with van der Waals surface area (Å²) in [4.78, 5) is 13.5. The maximum Gasteiger partial charge on any atom is 0.307 e. The molecule has 4 nitrogen and oxygen atoms in total. The topological polar surface area (TPSA) is 49.8 Å². The van der Waals surface area contributed by atoms with Crippen LogP contribution in [0.4, 0.5) is 0 Å². The molecular weight excluding hydrogens is 434 g/mol. The molecule has 4 heteroatoms. The second-order valence-electron chi connectivity index (χ2n) is 10.4. The zero-order chi connectivity index (χ0) is 25.3. The number of carboxylic acids is 1. The van der Waals surface area contributed by atoms with E-state index in [0.29, 0.717) is 12.5 Å². The Hall–Kier alpha value is -3.11. The van der Waals surface area contributed by atoms with Gasteiger partial charge in [-0.3, -0.25) is 9.69 Å². The quantitative estimate of drug-likeness (QED) is 0.298. The standard InChI is InChI=1S/C31H39NO3/c1-24(27-11-6-5-7-12-27)22-32(23-25-14-16-28(17-15-25)31(2,3)4)18-9-19-35-29-13-8-10-26(20-29)21-30(33)34/h5-8,10-17,20,24H,9,18-19,21-23H2,1-4H3,(H,33,34)/t24-/m1/s1. The van der Waals surface area contributed by atoms with E-state index in [9.17, 15) is 4.79 Å². The van der Waals surface area contributed by atoms with E-state index in [2.05, 4.69) is 87.2 Å². The van der Waals surface area contributed by atoms with Crippen molar-refractivity contribution in [1.82, 2.24) is 4.90 Å². The van der Waals surface area contributed by atoms with Gasteiger partial charge in [0.25, 0.3) is 0 Å². The molecule has 0 aliphatic heterocycles. The highest BCUT2D eigenvalue weighted by Crippen LogP contribution is 2.23. The first-order valence-corrected chi connectivity index (χ1v) is 12.5. The molecule has 0 bridgehead atoms. The van der Waals surface area contributed by atoms with Crippen molar-refractivity contribution in [1.29, 1.82) is 0 Å². The van der Waals surface area contributed by atoms with E-state index in [-0.39, 0.29) is 11.8 Å². The van der Waals surface area contributed by atoms with Crippen molar-refractivity contribution in [2.24, 2.45) is 0 Å². The molecule has 35 heavy (non-hydrogen) atoms. The Morgan fingerprint density at radius 1 is 0.943 bits per heavy atom. The average molecular weight is 474 g/mol. The van der Waals surface area contributed by atoms with Crippen LogP contribution in [-0.2, 0) is 23.2 Å². The number of hydrogen-bond donors (Lipinski definition) is 1. The fourth-order valence-electron chi connectivity index (χ4n) is 4.28. The summed E-state index contributed by atoms with van der Waals surface area (Å²) in [5, 5.41) is 9.02. The van der Waals surface area contributed by atoms with E-state index in [1.165, 1.54) is 16.7 Å². The fourth-order valence-corrected chi connectivity index (χ4v) is 4.28. The maximum absolute atomic E-state index is 11.0. The van der Waals surface area contributed by atoms with Crippen LogP contribution < -0.4 is 4.74 Å². The highest BCUT2D eigenvalue weighted by Gasteiger charge is 2.15. The second-order valence-corrected chi connectivity index (χ2v) is 10.4. The van der Waals surface area contributed by atoms with E-state index < -0.39 is 5.97 Å². The molecule has 0 unspecified atom stereocenters. The Morgan fingerprint density at radius 2 is 1.66 bits per heavy atom. The van der Waals surface area contributed by atoms with Gasteiger partial charge in [0.2, 0.25) is 0 Å². The Balaban J connectivity index is 1.61. The van der Waals surface area contributed by atoms with Gasteiger partial charge in [0, 0.05) is 19.6 Å². The van der Waals surface area contributed by atoms with Gasteiger partial charge in [0.15, 0.2) is 0 Å². The van der Waals surface area contributed by atoms with E-state index >= 15 is 0 Å². The zero-order valence-corrected chi connectivity index (χ0v) is 21.5. The number of benzene rings is 3. The molecule has 0 radical (unpaired) electrons. The third-order valence-corrected chi connectivity index (χ3v) is 6.27. The number of ether oxygens (including phenoxy) is 1. The van der Waals surface area contributed by atoms with E-state index in [1.54, 1.807) is 0 Å². The maximum atomic E-state index is 11.0. The highest BCUT2D eigenvalue weighted by molar-refractivity contribution is 5.70. The Morgan fingerprint density at radius 3 is 2.31 bits per heavy atom. The molecule has 0 heterocycles. The monoisotopic (exact) mass is 473 g/mol. The minimum atomic E-state index is -0.833. The second kappa shape index (κ2) is 12.6. The van der Waals surface area contributed by atoms with Gasteiger partial charge in [-0.2, -0.15) is 0 Å². The van der Waals surface area contributed by atoms with Gasteiger partial charge in [0.05, 0.1) is 13.0 Å². The minimum absolute atomic E-state index is 0.0103. The van der Waals surface area contributed by atoms with Gasteiger partial charge in [-0.15, -0.1) is 0 Å². The highest BCUT2D eigenvalue weighted by atomic mass is 16.5. The molecule has 0 fully saturated rings. The lowest BCUT2D eigenvalue weighted by Crippen LogP contribution is -2.29. The Labute approximate surface area is 210 Å². The molecule has 186 valence electrons. The van der Waals surface area contributed by atoms with Crippen LogP contribution in [-0.4, -0.2) is 35.7 Å². The Kier molecular flexibility index (Phi) is 9.50. The fraction of sp³-hybridized carbons (Fsp3) is 0.387. The predicted molar refractivity (Wildman–Crippen MR) is 143 cm³/mol. The summed E-state index contributed by atoms with van der Waals surface area (Å²) in [7, 11) is 0. The molecule has 3 rings (SSSR count). The van der Waals surface area contributed by atoms with Crippen LogP contribution in [0.15, 0.2) is 78.9 Å². The molecule has 1 atom stereocenters. The van der Waals surface area contributed by atoms with Crippen LogP contribution in [0.1, 0.15) is 62.3 Å². The minimum Gasteiger partial charge on any atom is -0.494 e. The number of aliphatic carboxylic acids is 1. The van der Waals surface area contributed by atoms with Crippen molar-refractivity contribution in [3.05, 3.63) is 101 Å². The number of rotatable bonds is 12. The van der Waals surface area contributed by atoms with Gasteiger partial charge in [-0.25, -0.2) is 0 Å². The van der Waals surface area contributed by atoms with Gasteiger partial charge in [-0.1, -0.05) is 94.4 Å². The molecule has 0 amide bonds. The normalized spacial score (nSPS) is 12.5. The molecule has 0 aliphatic carbocycles. The lowest BCUT2D eigenvalue weighted by molar-refractivity contribution is -0.136. The molecule has 1 N–H and O–H groups in total. The largest absolute Gasteiger partial charge is 0.494 e. The first-order valence-electron chi connectivity index (χ1n) is 12.5. The summed E-state index contributed by atoms with van der Waals surface area (Å²) in [6.45, 7) is 12.4. The van der Waals surface area contributed by atoms with Gasteiger partial charge in [0.1, 0.15) is 5.75 Å². The summed E-state index contributed by atoms with van der Waals surface area (Å²) >= 11 is 0. The van der Waals surface area contributed by atoms with Gasteiger partial charge < -0.3 is 9.84 Å². The third-order valence-electron chi connectivity index (χ3n) is 6.27. The zero-order valence-electron chi connectivity index (χ0n) is 21.5.